The van der Waals surface area contributed by atoms with Crippen molar-refractivity contribution in [3.63, 3.8) is 0 Å². The van der Waals surface area contributed by atoms with Crippen LogP contribution in [-0.4, -0.2) is 16.0 Å². The van der Waals surface area contributed by atoms with Crippen molar-refractivity contribution in [3.8, 4) is 0 Å². The molecule has 0 saturated heterocycles. The van der Waals surface area contributed by atoms with Gasteiger partial charge in [0.25, 0.3) is 0 Å². The summed E-state index contributed by atoms with van der Waals surface area (Å²) in [6, 6.07) is 7.70. The maximum absolute atomic E-state index is 12.5. The number of benzene rings is 1. The second kappa shape index (κ2) is 5.70. The van der Waals surface area contributed by atoms with Crippen LogP contribution in [0.2, 0.25) is 0 Å². The molecule has 0 aliphatic rings. The lowest BCUT2D eigenvalue weighted by Crippen LogP contribution is -2.21. The molecule has 1 aromatic heterocycles. The number of halogens is 3. The van der Waals surface area contributed by atoms with E-state index in [0.717, 1.165) is 12.1 Å². The smallest absolute Gasteiger partial charge is 0.416 e. The van der Waals surface area contributed by atoms with Crippen LogP contribution in [0.3, 0.4) is 0 Å². The first-order valence-corrected chi connectivity index (χ1v) is 5.76. The van der Waals surface area contributed by atoms with Crippen molar-refractivity contribution < 1.29 is 23.2 Å². The van der Waals surface area contributed by atoms with E-state index in [1.165, 1.54) is 30.5 Å². The molecule has 2 rings (SSSR count). The summed E-state index contributed by atoms with van der Waals surface area (Å²) in [5, 5.41) is 11.6. The van der Waals surface area contributed by atoms with Gasteiger partial charge in [0, 0.05) is 11.9 Å². The Morgan fingerprint density at radius 3 is 2.62 bits per heavy atom. The van der Waals surface area contributed by atoms with Gasteiger partial charge in [-0.1, -0.05) is 12.1 Å². The third-order valence-corrected chi connectivity index (χ3v) is 2.48. The van der Waals surface area contributed by atoms with Gasteiger partial charge in [-0.05, 0) is 30.3 Å². The minimum absolute atomic E-state index is 0.0426. The summed E-state index contributed by atoms with van der Waals surface area (Å²) in [6.45, 7) is 0. The first-order chi connectivity index (χ1) is 9.86. The highest BCUT2D eigenvalue weighted by atomic mass is 19.4. The van der Waals surface area contributed by atoms with Gasteiger partial charge in [-0.25, -0.2) is 4.79 Å². The van der Waals surface area contributed by atoms with E-state index in [9.17, 15) is 23.2 Å². The van der Waals surface area contributed by atoms with E-state index in [1.54, 1.807) is 6.07 Å². The van der Waals surface area contributed by atoms with Crippen LogP contribution in [0.1, 0.15) is 5.56 Å². The highest BCUT2D eigenvalue weighted by Gasteiger charge is 2.30. The number of nitrogens with one attached hydrogen (secondary N) is 1. The summed E-state index contributed by atoms with van der Waals surface area (Å²) in [5.74, 6) is 0. The summed E-state index contributed by atoms with van der Waals surface area (Å²) in [5.41, 5.74) is -0.974. The van der Waals surface area contributed by atoms with Gasteiger partial charge >= 0.3 is 12.2 Å². The second-order valence-corrected chi connectivity index (χ2v) is 4.02. The SMILES string of the molecule is O=C(/N=c1\ccccn1O)Nc1cccc(C(F)(F)F)c1. The highest BCUT2D eigenvalue weighted by molar-refractivity contribution is 5.89. The number of anilines is 1. The normalized spacial score (nSPS) is 12.2. The Morgan fingerprint density at radius 2 is 1.95 bits per heavy atom. The average Bonchev–Trinajstić information content (AvgIpc) is 2.41. The Bertz CT molecular complexity index is 723. The van der Waals surface area contributed by atoms with Crippen molar-refractivity contribution in [2.75, 3.05) is 5.32 Å². The van der Waals surface area contributed by atoms with Crippen LogP contribution in [-0.2, 0) is 6.18 Å². The number of amides is 2. The van der Waals surface area contributed by atoms with E-state index in [1.807, 2.05) is 0 Å². The maximum Gasteiger partial charge on any atom is 0.416 e. The van der Waals surface area contributed by atoms with Gasteiger partial charge in [0.05, 0.1) is 5.56 Å². The van der Waals surface area contributed by atoms with E-state index in [4.69, 9.17) is 0 Å². The average molecular weight is 297 g/mol. The van der Waals surface area contributed by atoms with Gasteiger partial charge in [-0.3, -0.25) is 0 Å². The van der Waals surface area contributed by atoms with Crippen molar-refractivity contribution in [1.82, 2.24) is 4.73 Å². The predicted molar refractivity (Wildman–Crippen MR) is 67.6 cm³/mol. The number of pyridine rings is 1. The van der Waals surface area contributed by atoms with E-state index in [2.05, 4.69) is 10.3 Å². The fourth-order valence-corrected chi connectivity index (χ4v) is 1.54. The maximum atomic E-state index is 12.5. The molecule has 0 spiro atoms. The van der Waals surface area contributed by atoms with Gasteiger partial charge in [0.1, 0.15) is 0 Å². The molecule has 1 heterocycles. The number of urea groups is 1. The Kier molecular flexibility index (Phi) is 3.97. The van der Waals surface area contributed by atoms with Gasteiger partial charge in [0.15, 0.2) is 5.49 Å². The lowest BCUT2D eigenvalue weighted by atomic mass is 10.2. The molecular weight excluding hydrogens is 287 g/mol. The molecule has 0 atom stereocenters. The Balaban J connectivity index is 2.21. The molecule has 0 aliphatic heterocycles. The molecule has 0 aliphatic carbocycles. The molecule has 0 bridgehead atoms. The number of carbonyl (C=O) groups excluding carboxylic acids is 1. The molecule has 0 unspecified atom stereocenters. The quantitative estimate of drug-likeness (QED) is 0.795. The van der Waals surface area contributed by atoms with Gasteiger partial charge < -0.3 is 10.5 Å². The molecule has 1 aromatic carbocycles. The predicted octanol–water partition coefficient (Wildman–Crippen LogP) is 2.88. The number of carbonyl (C=O) groups is 1. The molecule has 2 amide bonds. The zero-order valence-electron chi connectivity index (χ0n) is 10.5. The number of hydrogen-bond donors (Lipinski definition) is 2. The highest BCUT2D eigenvalue weighted by Crippen LogP contribution is 2.30. The Morgan fingerprint density at radius 1 is 1.19 bits per heavy atom. The molecule has 0 fully saturated rings. The standard InChI is InChI=1S/C13H10F3N3O2/c14-13(15,16)9-4-3-5-10(8-9)17-12(20)18-11-6-1-2-7-19(11)21/h1-8,21H,(H,17,20)/b18-11+. The zero-order chi connectivity index (χ0) is 15.5. The summed E-state index contributed by atoms with van der Waals surface area (Å²) >= 11 is 0. The number of nitrogens with zero attached hydrogens (tertiary/aromatic N) is 2. The number of aromatic nitrogens is 1. The van der Waals surface area contributed by atoms with Crippen LogP contribution in [0.5, 0.6) is 0 Å². The fraction of sp³-hybridized carbons (Fsp3) is 0.0769. The van der Waals surface area contributed by atoms with Crippen LogP contribution in [0.15, 0.2) is 53.7 Å². The van der Waals surface area contributed by atoms with Crippen LogP contribution in [0.25, 0.3) is 0 Å². The van der Waals surface area contributed by atoms with Crippen molar-refractivity contribution in [2.45, 2.75) is 6.18 Å². The molecule has 21 heavy (non-hydrogen) atoms. The molecule has 8 heteroatoms. The molecular formula is C13H10F3N3O2. The lowest BCUT2D eigenvalue weighted by Gasteiger charge is -2.08. The topological polar surface area (TPSA) is 66.6 Å². The largest absolute Gasteiger partial charge is 0.427 e. The van der Waals surface area contributed by atoms with E-state index < -0.39 is 17.8 Å². The minimum Gasteiger partial charge on any atom is -0.427 e. The van der Waals surface area contributed by atoms with Crippen LogP contribution < -0.4 is 10.8 Å². The Hall–Kier alpha value is -2.77. The summed E-state index contributed by atoms with van der Waals surface area (Å²) < 4.78 is 38.2. The fourth-order valence-electron chi connectivity index (χ4n) is 1.54. The summed E-state index contributed by atoms with van der Waals surface area (Å²) in [7, 11) is 0. The van der Waals surface area contributed by atoms with E-state index >= 15 is 0 Å². The van der Waals surface area contributed by atoms with Crippen molar-refractivity contribution in [2.24, 2.45) is 4.99 Å². The molecule has 110 valence electrons. The third-order valence-electron chi connectivity index (χ3n) is 2.48. The zero-order valence-corrected chi connectivity index (χ0v) is 10.5. The molecule has 2 aromatic rings. The van der Waals surface area contributed by atoms with Gasteiger partial charge in [0.2, 0.25) is 0 Å². The van der Waals surface area contributed by atoms with Crippen LogP contribution in [0, 0.1) is 0 Å². The first-order valence-electron chi connectivity index (χ1n) is 5.76. The third kappa shape index (κ3) is 3.85. The number of alkyl halides is 3. The summed E-state index contributed by atoms with van der Waals surface area (Å²) in [4.78, 5) is 15.1. The number of hydrogen-bond acceptors (Lipinski definition) is 2. The van der Waals surface area contributed by atoms with Crippen LogP contribution >= 0.6 is 0 Å². The Labute approximate surface area is 116 Å². The van der Waals surface area contributed by atoms with Crippen molar-refractivity contribution in [1.29, 1.82) is 0 Å². The first kappa shape index (κ1) is 14.6. The van der Waals surface area contributed by atoms with Crippen LogP contribution in [0.4, 0.5) is 23.7 Å². The minimum atomic E-state index is -4.49. The van der Waals surface area contributed by atoms with Gasteiger partial charge in [-0.15, -0.1) is 0 Å². The summed E-state index contributed by atoms with van der Waals surface area (Å²) in [6.07, 6.45) is -3.23. The lowest BCUT2D eigenvalue weighted by molar-refractivity contribution is -0.137. The molecule has 5 nitrogen and oxygen atoms in total. The monoisotopic (exact) mass is 297 g/mol. The second-order valence-electron chi connectivity index (χ2n) is 4.02. The van der Waals surface area contributed by atoms with E-state index in [0.29, 0.717) is 4.73 Å². The van der Waals surface area contributed by atoms with Gasteiger partial charge in [-0.2, -0.15) is 22.9 Å². The molecule has 2 N–H and O–H groups in total. The van der Waals surface area contributed by atoms with Crippen molar-refractivity contribution in [3.05, 3.63) is 59.7 Å². The van der Waals surface area contributed by atoms with Crippen molar-refractivity contribution >= 4 is 11.7 Å². The number of rotatable bonds is 1. The van der Waals surface area contributed by atoms with E-state index in [-0.39, 0.29) is 11.2 Å². The molecule has 0 radical (unpaired) electrons. The molecule has 0 saturated carbocycles.